The maximum atomic E-state index is 12.4. The second kappa shape index (κ2) is 5.79. The third-order valence-corrected chi connectivity index (χ3v) is 3.52. The summed E-state index contributed by atoms with van der Waals surface area (Å²) in [6.07, 6.45) is -0.371. The second-order valence-electron chi connectivity index (χ2n) is 4.93. The van der Waals surface area contributed by atoms with Crippen LogP contribution < -0.4 is 0 Å². The van der Waals surface area contributed by atoms with E-state index in [1.165, 1.54) is 4.90 Å². The zero-order chi connectivity index (χ0) is 14.7. The summed E-state index contributed by atoms with van der Waals surface area (Å²) in [5.41, 5.74) is 1.79. The number of nitrogens with zero attached hydrogens (tertiary/aromatic N) is 1. The first-order valence-electron chi connectivity index (χ1n) is 6.83. The summed E-state index contributed by atoms with van der Waals surface area (Å²) in [6, 6.07) is 18.5. The molecule has 0 spiro atoms. The Morgan fingerprint density at radius 3 is 2.33 bits per heavy atom. The molecule has 0 aliphatic carbocycles. The van der Waals surface area contributed by atoms with Crippen molar-refractivity contribution in [2.75, 3.05) is 6.61 Å². The van der Waals surface area contributed by atoms with Gasteiger partial charge in [-0.25, -0.2) is 9.69 Å². The van der Waals surface area contributed by atoms with Crippen LogP contribution in [0.2, 0.25) is 0 Å². The highest BCUT2D eigenvalue weighted by Crippen LogP contribution is 2.28. The SMILES string of the molecule is O=C(Cc1ccccc1)N1C(=O)OC[C@H]1c1ccccc1. The molecular formula is C17H15NO3. The van der Waals surface area contributed by atoms with Gasteiger partial charge in [0, 0.05) is 0 Å². The molecule has 1 aliphatic rings. The van der Waals surface area contributed by atoms with Crippen molar-refractivity contribution in [3.05, 3.63) is 71.8 Å². The third kappa shape index (κ3) is 2.79. The third-order valence-electron chi connectivity index (χ3n) is 3.52. The van der Waals surface area contributed by atoms with E-state index < -0.39 is 6.09 Å². The fraction of sp³-hybridized carbons (Fsp3) is 0.176. The van der Waals surface area contributed by atoms with E-state index in [1.807, 2.05) is 60.7 Å². The van der Waals surface area contributed by atoms with Crippen LogP contribution in [-0.2, 0) is 16.0 Å². The Labute approximate surface area is 123 Å². The number of cyclic esters (lactones) is 1. The molecular weight excluding hydrogens is 266 g/mol. The van der Waals surface area contributed by atoms with Gasteiger partial charge in [-0.2, -0.15) is 0 Å². The first kappa shape index (κ1) is 13.4. The van der Waals surface area contributed by atoms with E-state index in [-0.39, 0.29) is 25.0 Å². The molecule has 0 aromatic heterocycles. The number of hydrogen-bond donors (Lipinski definition) is 0. The van der Waals surface area contributed by atoms with E-state index in [1.54, 1.807) is 0 Å². The Bertz CT molecular complexity index is 640. The molecule has 1 heterocycles. The Hall–Kier alpha value is -2.62. The molecule has 2 aromatic carbocycles. The minimum absolute atomic E-state index is 0.194. The first-order valence-corrected chi connectivity index (χ1v) is 6.83. The smallest absolute Gasteiger partial charge is 0.417 e. The number of amides is 2. The van der Waals surface area contributed by atoms with Crippen molar-refractivity contribution in [3.8, 4) is 0 Å². The predicted octanol–water partition coefficient (Wildman–Crippen LogP) is 2.95. The van der Waals surface area contributed by atoms with Gasteiger partial charge in [-0.05, 0) is 11.1 Å². The van der Waals surface area contributed by atoms with Gasteiger partial charge in [0.2, 0.25) is 5.91 Å². The monoisotopic (exact) mass is 281 g/mol. The molecule has 0 radical (unpaired) electrons. The van der Waals surface area contributed by atoms with Crippen LogP contribution in [0.3, 0.4) is 0 Å². The van der Waals surface area contributed by atoms with Crippen molar-refractivity contribution >= 4 is 12.0 Å². The van der Waals surface area contributed by atoms with Crippen molar-refractivity contribution in [1.82, 2.24) is 4.90 Å². The number of hydrogen-bond acceptors (Lipinski definition) is 3. The number of rotatable bonds is 3. The lowest BCUT2D eigenvalue weighted by molar-refractivity contribution is -0.128. The van der Waals surface area contributed by atoms with Crippen LogP contribution in [0.5, 0.6) is 0 Å². The van der Waals surface area contributed by atoms with Gasteiger partial charge >= 0.3 is 6.09 Å². The lowest BCUT2D eigenvalue weighted by Gasteiger charge is -2.19. The molecule has 3 rings (SSSR count). The Balaban J connectivity index is 1.81. The fourth-order valence-electron chi connectivity index (χ4n) is 2.47. The summed E-state index contributed by atoms with van der Waals surface area (Å²) in [6.45, 7) is 0.212. The van der Waals surface area contributed by atoms with Gasteiger partial charge in [-0.3, -0.25) is 4.79 Å². The van der Waals surface area contributed by atoms with Crippen molar-refractivity contribution in [3.63, 3.8) is 0 Å². The summed E-state index contributed by atoms with van der Waals surface area (Å²) in [7, 11) is 0. The standard InChI is InChI=1S/C17H15NO3/c19-16(11-13-7-3-1-4-8-13)18-15(12-21-17(18)20)14-9-5-2-6-10-14/h1-10,15H,11-12H2/t15-/m0/s1. The summed E-state index contributed by atoms with van der Waals surface area (Å²) in [4.78, 5) is 25.5. The lowest BCUT2D eigenvalue weighted by Crippen LogP contribution is -2.35. The van der Waals surface area contributed by atoms with E-state index in [2.05, 4.69) is 0 Å². The lowest BCUT2D eigenvalue weighted by atomic mass is 10.1. The minimum atomic E-state index is -0.565. The van der Waals surface area contributed by atoms with Gasteiger partial charge in [-0.15, -0.1) is 0 Å². The Morgan fingerprint density at radius 2 is 1.67 bits per heavy atom. The average molecular weight is 281 g/mol. The summed E-state index contributed by atoms with van der Waals surface area (Å²) < 4.78 is 5.06. The Kier molecular flexibility index (Phi) is 3.69. The van der Waals surface area contributed by atoms with E-state index in [0.29, 0.717) is 0 Å². The molecule has 21 heavy (non-hydrogen) atoms. The molecule has 1 aliphatic heterocycles. The van der Waals surface area contributed by atoms with E-state index in [0.717, 1.165) is 11.1 Å². The van der Waals surface area contributed by atoms with E-state index in [9.17, 15) is 9.59 Å². The highest BCUT2D eigenvalue weighted by Gasteiger charge is 2.38. The molecule has 4 heteroatoms. The van der Waals surface area contributed by atoms with Crippen LogP contribution in [0, 0.1) is 0 Å². The van der Waals surface area contributed by atoms with Crippen LogP contribution in [0.1, 0.15) is 17.2 Å². The van der Waals surface area contributed by atoms with Gasteiger partial charge in [0.15, 0.2) is 0 Å². The molecule has 2 aromatic rings. The summed E-state index contributed by atoms with van der Waals surface area (Å²) >= 11 is 0. The highest BCUT2D eigenvalue weighted by atomic mass is 16.6. The van der Waals surface area contributed by atoms with Crippen molar-refractivity contribution < 1.29 is 14.3 Å². The topological polar surface area (TPSA) is 46.6 Å². The molecule has 4 nitrogen and oxygen atoms in total. The van der Waals surface area contributed by atoms with Crippen molar-refractivity contribution in [2.24, 2.45) is 0 Å². The zero-order valence-electron chi connectivity index (χ0n) is 11.4. The molecule has 1 fully saturated rings. The molecule has 106 valence electrons. The predicted molar refractivity (Wildman–Crippen MR) is 77.5 cm³/mol. The van der Waals surface area contributed by atoms with Gasteiger partial charge in [-0.1, -0.05) is 60.7 Å². The molecule has 1 atom stereocenters. The number of benzene rings is 2. The quantitative estimate of drug-likeness (QED) is 0.869. The molecule has 0 saturated carbocycles. The molecule has 0 unspecified atom stereocenters. The van der Waals surface area contributed by atoms with Crippen LogP contribution >= 0.6 is 0 Å². The van der Waals surface area contributed by atoms with Crippen LogP contribution in [0.15, 0.2) is 60.7 Å². The van der Waals surface area contributed by atoms with Gasteiger partial charge in [0.25, 0.3) is 0 Å². The van der Waals surface area contributed by atoms with Gasteiger partial charge < -0.3 is 4.74 Å². The average Bonchev–Trinajstić information content (AvgIpc) is 2.91. The van der Waals surface area contributed by atoms with E-state index >= 15 is 0 Å². The number of ether oxygens (including phenoxy) is 1. The molecule has 0 N–H and O–H groups in total. The van der Waals surface area contributed by atoms with Gasteiger partial charge in [0.1, 0.15) is 12.6 Å². The number of carbonyl (C=O) groups is 2. The molecule has 0 bridgehead atoms. The summed E-state index contributed by atoms with van der Waals surface area (Å²) in [5, 5.41) is 0. The minimum Gasteiger partial charge on any atom is -0.446 e. The number of imide groups is 1. The second-order valence-corrected chi connectivity index (χ2v) is 4.93. The maximum Gasteiger partial charge on any atom is 0.417 e. The van der Waals surface area contributed by atoms with Crippen LogP contribution in [0.4, 0.5) is 4.79 Å². The number of carbonyl (C=O) groups excluding carboxylic acids is 2. The van der Waals surface area contributed by atoms with Crippen molar-refractivity contribution in [2.45, 2.75) is 12.5 Å². The summed E-state index contributed by atoms with van der Waals surface area (Å²) in [5.74, 6) is -0.238. The van der Waals surface area contributed by atoms with Crippen LogP contribution in [-0.4, -0.2) is 23.5 Å². The van der Waals surface area contributed by atoms with Gasteiger partial charge in [0.05, 0.1) is 6.42 Å². The fourth-order valence-corrected chi connectivity index (χ4v) is 2.47. The highest BCUT2D eigenvalue weighted by molar-refractivity contribution is 5.94. The maximum absolute atomic E-state index is 12.4. The Morgan fingerprint density at radius 1 is 1.05 bits per heavy atom. The largest absolute Gasteiger partial charge is 0.446 e. The normalized spacial score (nSPS) is 17.6. The zero-order valence-corrected chi connectivity index (χ0v) is 11.4. The molecule has 1 saturated heterocycles. The molecule has 2 amide bonds. The first-order chi connectivity index (χ1) is 10.3. The van der Waals surface area contributed by atoms with E-state index in [4.69, 9.17) is 4.74 Å². The van der Waals surface area contributed by atoms with Crippen LogP contribution in [0.25, 0.3) is 0 Å². The van der Waals surface area contributed by atoms with Crippen molar-refractivity contribution in [1.29, 1.82) is 0 Å².